The molecule has 0 unspecified atom stereocenters. The minimum atomic E-state index is -0.408. The number of nitrogens with zero attached hydrogens (tertiary/aromatic N) is 2. The number of anilines is 1. The number of halogens is 1. The first kappa shape index (κ1) is 17.3. The van der Waals surface area contributed by atoms with Gasteiger partial charge in [-0.25, -0.2) is 9.97 Å². The van der Waals surface area contributed by atoms with Crippen molar-refractivity contribution >= 4 is 39.8 Å². The molecule has 3 aromatic heterocycles. The molecule has 1 amide bonds. The van der Waals surface area contributed by atoms with E-state index in [2.05, 4.69) is 15.3 Å². The number of ether oxygens (including phenoxy) is 1. The topological polar surface area (TPSA) is 94.3 Å². The van der Waals surface area contributed by atoms with E-state index in [1.54, 1.807) is 18.2 Å². The quantitative estimate of drug-likeness (QED) is 0.521. The predicted octanol–water partition coefficient (Wildman–Crippen LogP) is 3.53. The molecule has 0 bridgehead atoms. The van der Waals surface area contributed by atoms with Crippen LogP contribution in [0.3, 0.4) is 0 Å². The third-order valence-electron chi connectivity index (χ3n) is 3.12. The molecule has 9 heteroatoms. The van der Waals surface area contributed by atoms with E-state index < -0.39 is 5.91 Å². The standard InChI is InChI=1S/C16H12ClN3O4S/c1-23-8-10(21)14-13(11-3-2-6-24-11)19-16(25-14)20-15(22)9-4-5-12(17)18-7-9/h2-7H,8H2,1H3,(H,19,20,22). The van der Waals surface area contributed by atoms with Crippen LogP contribution >= 0.6 is 22.9 Å². The van der Waals surface area contributed by atoms with Gasteiger partial charge in [-0.3, -0.25) is 14.9 Å². The maximum absolute atomic E-state index is 12.3. The number of pyridine rings is 1. The molecule has 0 aliphatic carbocycles. The lowest BCUT2D eigenvalue weighted by atomic mass is 10.2. The average molecular weight is 378 g/mol. The number of hydrogen-bond donors (Lipinski definition) is 1. The highest BCUT2D eigenvalue weighted by Gasteiger charge is 2.22. The van der Waals surface area contributed by atoms with Crippen molar-refractivity contribution < 1.29 is 18.7 Å². The zero-order chi connectivity index (χ0) is 17.8. The van der Waals surface area contributed by atoms with E-state index in [9.17, 15) is 9.59 Å². The molecule has 0 saturated carbocycles. The zero-order valence-corrected chi connectivity index (χ0v) is 14.6. The summed E-state index contributed by atoms with van der Waals surface area (Å²) < 4.78 is 10.2. The van der Waals surface area contributed by atoms with Crippen molar-refractivity contribution in [2.75, 3.05) is 19.0 Å². The van der Waals surface area contributed by atoms with Crippen molar-refractivity contribution in [2.45, 2.75) is 0 Å². The van der Waals surface area contributed by atoms with E-state index in [-0.39, 0.29) is 17.5 Å². The molecule has 0 saturated heterocycles. The molecule has 3 heterocycles. The van der Waals surface area contributed by atoms with Crippen LogP contribution in [-0.4, -0.2) is 35.4 Å². The van der Waals surface area contributed by atoms with E-state index in [4.69, 9.17) is 20.8 Å². The summed E-state index contributed by atoms with van der Waals surface area (Å²) in [5, 5.41) is 3.21. The van der Waals surface area contributed by atoms with Crippen LogP contribution in [0.4, 0.5) is 5.13 Å². The Kier molecular flexibility index (Phi) is 5.22. The second kappa shape index (κ2) is 7.56. The summed E-state index contributed by atoms with van der Waals surface area (Å²) in [6, 6.07) is 6.44. The highest BCUT2D eigenvalue weighted by atomic mass is 35.5. The monoisotopic (exact) mass is 377 g/mol. The van der Waals surface area contributed by atoms with Gasteiger partial charge in [0.15, 0.2) is 10.9 Å². The number of hydrogen-bond acceptors (Lipinski definition) is 7. The highest BCUT2D eigenvalue weighted by Crippen LogP contribution is 2.32. The van der Waals surface area contributed by atoms with E-state index >= 15 is 0 Å². The fourth-order valence-electron chi connectivity index (χ4n) is 2.02. The number of Topliss-reactive ketones (excluding diaryl/α,β-unsaturated/α-hetero) is 1. The Bertz CT molecular complexity index is 891. The van der Waals surface area contributed by atoms with E-state index in [1.165, 1.54) is 25.6 Å². The largest absolute Gasteiger partial charge is 0.463 e. The maximum Gasteiger partial charge on any atom is 0.259 e. The first-order chi connectivity index (χ1) is 12.1. The third-order valence-corrected chi connectivity index (χ3v) is 4.36. The Hall–Kier alpha value is -2.55. The Balaban J connectivity index is 1.89. The molecule has 3 rings (SSSR count). The molecule has 0 aliphatic heterocycles. The summed E-state index contributed by atoms with van der Waals surface area (Å²) in [5.74, 6) is -0.223. The SMILES string of the molecule is COCC(=O)c1sc(NC(=O)c2ccc(Cl)nc2)nc1-c1ccco1. The van der Waals surface area contributed by atoms with Gasteiger partial charge in [0.05, 0.1) is 11.8 Å². The van der Waals surface area contributed by atoms with Gasteiger partial charge in [-0.05, 0) is 24.3 Å². The summed E-state index contributed by atoms with van der Waals surface area (Å²) in [6.07, 6.45) is 2.84. The second-order valence-corrected chi connectivity index (χ2v) is 6.24. The molecule has 0 atom stereocenters. The van der Waals surface area contributed by atoms with Crippen molar-refractivity contribution in [1.82, 2.24) is 9.97 Å². The number of thiazole rings is 1. The normalized spacial score (nSPS) is 10.6. The first-order valence-corrected chi connectivity index (χ1v) is 8.27. The van der Waals surface area contributed by atoms with Crippen LogP contribution in [0.2, 0.25) is 5.15 Å². The summed E-state index contributed by atoms with van der Waals surface area (Å²) in [5.41, 5.74) is 0.686. The number of carbonyl (C=O) groups is 2. The molecule has 128 valence electrons. The van der Waals surface area contributed by atoms with Crippen LogP contribution in [0.15, 0.2) is 41.1 Å². The lowest BCUT2D eigenvalue weighted by molar-refractivity contribution is 0.0852. The molecule has 0 fully saturated rings. The number of amides is 1. The van der Waals surface area contributed by atoms with Crippen molar-refractivity contribution in [1.29, 1.82) is 0 Å². The third kappa shape index (κ3) is 3.93. The minimum absolute atomic E-state index is 0.0929. The van der Waals surface area contributed by atoms with Gasteiger partial charge in [-0.2, -0.15) is 0 Å². The Morgan fingerprint density at radius 2 is 2.20 bits per heavy atom. The van der Waals surface area contributed by atoms with E-state index in [0.29, 0.717) is 27.0 Å². The number of carbonyl (C=O) groups excluding carboxylic acids is 2. The fourth-order valence-corrected chi connectivity index (χ4v) is 3.02. The summed E-state index contributed by atoms with van der Waals surface area (Å²) in [4.78, 5) is 33.0. The number of ketones is 1. The molecule has 25 heavy (non-hydrogen) atoms. The van der Waals surface area contributed by atoms with Gasteiger partial charge in [-0.1, -0.05) is 22.9 Å². The van der Waals surface area contributed by atoms with Gasteiger partial charge >= 0.3 is 0 Å². The van der Waals surface area contributed by atoms with Gasteiger partial charge in [-0.15, -0.1) is 0 Å². The molecule has 1 N–H and O–H groups in total. The van der Waals surface area contributed by atoms with Gasteiger partial charge in [0.25, 0.3) is 5.91 Å². The number of rotatable bonds is 6. The van der Waals surface area contributed by atoms with Crippen molar-refractivity contribution in [3.8, 4) is 11.5 Å². The number of methoxy groups -OCH3 is 1. The summed E-state index contributed by atoms with van der Waals surface area (Å²) in [6.45, 7) is -0.0929. The summed E-state index contributed by atoms with van der Waals surface area (Å²) in [7, 11) is 1.43. The number of aromatic nitrogens is 2. The highest BCUT2D eigenvalue weighted by molar-refractivity contribution is 7.18. The van der Waals surface area contributed by atoms with Crippen molar-refractivity contribution in [3.05, 3.63) is 52.3 Å². The molecule has 0 radical (unpaired) electrons. The minimum Gasteiger partial charge on any atom is -0.463 e. The van der Waals surface area contributed by atoms with Crippen LogP contribution in [0, 0.1) is 0 Å². The number of nitrogens with one attached hydrogen (secondary N) is 1. The van der Waals surface area contributed by atoms with E-state index in [0.717, 1.165) is 11.3 Å². The molecule has 0 aromatic carbocycles. The lowest BCUT2D eigenvalue weighted by Gasteiger charge is -2.00. The maximum atomic E-state index is 12.3. The van der Waals surface area contributed by atoms with Crippen LogP contribution < -0.4 is 5.32 Å². The molecule has 0 spiro atoms. The summed E-state index contributed by atoms with van der Waals surface area (Å²) >= 11 is 6.76. The molecule has 7 nitrogen and oxygen atoms in total. The van der Waals surface area contributed by atoms with Crippen molar-refractivity contribution in [3.63, 3.8) is 0 Å². The first-order valence-electron chi connectivity index (χ1n) is 7.08. The van der Waals surface area contributed by atoms with Gasteiger partial charge in [0, 0.05) is 13.3 Å². The fraction of sp³-hybridized carbons (Fsp3) is 0.125. The zero-order valence-electron chi connectivity index (χ0n) is 13.0. The van der Waals surface area contributed by atoms with Gasteiger partial charge < -0.3 is 9.15 Å². The lowest BCUT2D eigenvalue weighted by Crippen LogP contribution is -2.11. The molecular weight excluding hydrogens is 366 g/mol. The van der Waals surface area contributed by atoms with Gasteiger partial charge in [0.2, 0.25) is 5.78 Å². The van der Waals surface area contributed by atoms with Crippen molar-refractivity contribution in [2.24, 2.45) is 0 Å². The Morgan fingerprint density at radius 3 is 2.84 bits per heavy atom. The number of furan rings is 1. The van der Waals surface area contributed by atoms with Crippen LogP contribution in [0.1, 0.15) is 20.0 Å². The molecule has 3 aromatic rings. The Labute approximate surface area is 151 Å². The van der Waals surface area contributed by atoms with Crippen LogP contribution in [0.5, 0.6) is 0 Å². The van der Waals surface area contributed by atoms with Crippen LogP contribution in [-0.2, 0) is 4.74 Å². The second-order valence-electron chi connectivity index (χ2n) is 4.85. The van der Waals surface area contributed by atoms with E-state index in [1.807, 2.05) is 0 Å². The smallest absolute Gasteiger partial charge is 0.259 e. The molecule has 0 aliphatic rings. The predicted molar refractivity (Wildman–Crippen MR) is 93.2 cm³/mol. The molecular formula is C16H12ClN3O4S. The average Bonchev–Trinajstić information content (AvgIpc) is 3.24. The Morgan fingerprint density at radius 1 is 1.36 bits per heavy atom. The van der Waals surface area contributed by atoms with Gasteiger partial charge in [0.1, 0.15) is 22.3 Å². The van der Waals surface area contributed by atoms with Crippen LogP contribution in [0.25, 0.3) is 11.5 Å².